The molecule has 4 rings (SSSR count). The number of aromatic nitrogens is 1. The first-order valence-electron chi connectivity index (χ1n) is 8.65. The van der Waals surface area contributed by atoms with E-state index >= 15 is 0 Å². The molecule has 2 N–H and O–H groups in total. The number of carbonyl (C=O) groups is 2. The van der Waals surface area contributed by atoms with Gasteiger partial charge in [-0.25, -0.2) is 4.79 Å². The number of hydrogen-bond acceptors (Lipinski definition) is 4. The predicted octanol–water partition coefficient (Wildman–Crippen LogP) is 1.64. The first-order valence-corrected chi connectivity index (χ1v) is 8.65. The highest BCUT2D eigenvalue weighted by atomic mass is 16.6. The van der Waals surface area contributed by atoms with Gasteiger partial charge in [-0.1, -0.05) is 18.2 Å². The summed E-state index contributed by atoms with van der Waals surface area (Å²) in [5.41, 5.74) is 0.908. The highest BCUT2D eigenvalue weighted by molar-refractivity contribution is 5.92. The van der Waals surface area contributed by atoms with Gasteiger partial charge in [-0.15, -0.1) is 0 Å². The van der Waals surface area contributed by atoms with Crippen molar-refractivity contribution in [3.05, 3.63) is 52.3 Å². The summed E-state index contributed by atoms with van der Waals surface area (Å²) >= 11 is 0. The van der Waals surface area contributed by atoms with Crippen molar-refractivity contribution in [3.8, 4) is 0 Å². The lowest BCUT2D eigenvalue weighted by Gasteiger charge is -2.10. The zero-order chi connectivity index (χ0) is 18.1. The summed E-state index contributed by atoms with van der Waals surface area (Å²) in [5, 5.41) is 3.60. The average Bonchev–Trinajstić information content (AvgIpc) is 3.41. The molecule has 1 aliphatic carbocycles. The van der Waals surface area contributed by atoms with Crippen molar-refractivity contribution in [2.45, 2.75) is 25.0 Å². The van der Waals surface area contributed by atoms with Gasteiger partial charge in [-0.05, 0) is 36.4 Å². The smallest absolute Gasteiger partial charge is 0.410 e. The number of nitrogens with one attached hydrogen (secondary N) is 2. The number of hydrogen-bond donors (Lipinski definition) is 2. The molecular formula is C19H19N3O4. The lowest BCUT2D eigenvalue weighted by Crippen LogP contribution is -2.34. The van der Waals surface area contributed by atoms with Crippen molar-refractivity contribution in [1.29, 1.82) is 0 Å². The highest BCUT2D eigenvalue weighted by Crippen LogP contribution is 2.30. The van der Waals surface area contributed by atoms with Gasteiger partial charge in [0, 0.05) is 23.2 Å². The molecule has 2 amide bonds. The van der Waals surface area contributed by atoms with Gasteiger partial charge in [0.2, 0.25) is 5.91 Å². The molecule has 1 aromatic carbocycles. The molecule has 2 aliphatic rings. The van der Waals surface area contributed by atoms with Crippen LogP contribution in [0.15, 0.2) is 41.2 Å². The lowest BCUT2D eigenvalue weighted by atomic mass is 10.1. The van der Waals surface area contributed by atoms with E-state index in [4.69, 9.17) is 4.74 Å². The van der Waals surface area contributed by atoms with Gasteiger partial charge in [0.1, 0.15) is 6.10 Å². The summed E-state index contributed by atoms with van der Waals surface area (Å²) in [6.45, 7) is 0.768. The van der Waals surface area contributed by atoms with Crippen LogP contribution in [0, 0.1) is 0 Å². The molecule has 134 valence electrons. The van der Waals surface area contributed by atoms with Crippen LogP contribution in [0.1, 0.15) is 18.4 Å². The van der Waals surface area contributed by atoms with E-state index in [1.54, 1.807) is 11.0 Å². The van der Waals surface area contributed by atoms with E-state index in [0.717, 1.165) is 23.7 Å². The molecule has 7 nitrogen and oxygen atoms in total. The van der Waals surface area contributed by atoms with Crippen LogP contribution in [0.2, 0.25) is 0 Å². The van der Waals surface area contributed by atoms with Crippen molar-refractivity contribution >= 4 is 29.0 Å². The largest absolute Gasteiger partial charge is 0.442 e. The topological polar surface area (TPSA) is 91.5 Å². The number of pyridine rings is 1. The van der Waals surface area contributed by atoms with Gasteiger partial charge >= 0.3 is 6.09 Å². The van der Waals surface area contributed by atoms with Crippen molar-refractivity contribution in [3.63, 3.8) is 0 Å². The van der Waals surface area contributed by atoms with E-state index in [1.165, 1.54) is 12.2 Å². The third-order valence-electron chi connectivity index (χ3n) is 4.59. The van der Waals surface area contributed by atoms with Crippen LogP contribution < -0.4 is 10.9 Å². The Hall–Kier alpha value is -3.09. The molecule has 0 spiro atoms. The standard InChI is InChI=1S/C19H19N3O4/c23-17(20-10-15-11-22(14-6-7-14)19(25)26-15)8-5-13-9-12-3-1-2-4-16(12)21-18(13)24/h1-5,8-9,14-15H,6-7,10-11H2,(H,20,23)(H,21,24)/b8-5+. The number of H-pyrrole nitrogens is 1. The van der Waals surface area contributed by atoms with Crippen LogP contribution in [0.25, 0.3) is 17.0 Å². The summed E-state index contributed by atoms with van der Waals surface area (Å²) in [7, 11) is 0. The van der Waals surface area contributed by atoms with Crippen LogP contribution in [0.5, 0.6) is 0 Å². The minimum Gasteiger partial charge on any atom is -0.442 e. The highest BCUT2D eigenvalue weighted by Gasteiger charge is 2.40. The van der Waals surface area contributed by atoms with Crippen LogP contribution in [-0.2, 0) is 9.53 Å². The Labute approximate surface area is 149 Å². The molecule has 0 bridgehead atoms. The molecule has 2 fully saturated rings. The fourth-order valence-electron chi connectivity index (χ4n) is 3.06. The fourth-order valence-corrected chi connectivity index (χ4v) is 3.06. The minimum atomic E-state index is -0.335. The van der Waals surface area contributed by atoms with Crippen LogP contribution in [0.3, 0.4) is 0 Å². The van der Waals surface area contributed by atoms with Gasteiger partial charge in [-0.3, -0.25) is 9.59 Å². The normalized spacial score (nSPS) is 19.9. The summed E-state index contributed by atoms with van der Waals surface area (Å²) in [6, 6.07) is 9.50. The van der Waals surface area contributed by atoms with Crippen LogP contribution in [-0.4, -0.2) is 47.1 Å². The summed E-state index contributed by atoms with van der Waals surface area (Å²) in [4.78, 5) is 40.3. The number of nitrogens with zero attached hydrogens (tertiary/aromatic N) is 1. The predicted molar refractivity (Wildman–Crippen MR) is 96.6 cm³/mol. The third-order valence-corrected chi connectivity index (χ3v) is 4.59. The van der Waals surface area contributed by atoms with Gasteiger partial charge in [0.05, 0.1) is 13.1 Å². The summed E-state index contributed by atoms with van der Waals surface area (Å²) < 4.78 is 5.25. The Morgan fingerprint density at radius 2 is 2.12 bits per heavy atom. The molecule has 0 radical (unpaired) electrons. The summed E-state index contributed by atoms with van der Waals surface area (Å²) in [6.07, 6.45) is 4.22. The molecule has 26 heavy (non-hydrogen) atoms. The zero-order valence-electron chi connectivity index (χ0n) is 14.1. The van der Waals surface area contributed by atoms with Gasteiger partial charge in [0.25, 0.3) is 5.56 Å². The Bertz CT molecular complexity index is 945. The van der Waals surface area contributed by atoms with E-state index in [1.807, 2.05) is 24.3 Å². The van der Waals surface area contributed by atoms with E-state index in [0.29, 0.717) is 18.2 Å². The molecule has 1 saturated heterocycles. The van der Waals surface area contributed by atoms with E-state index in [-0.39, 0.29) is 30.2 Å². The second-order valence-corrected chi connectivity index (χ2v) is 6.61. The maximum atomic E-state index is 12.1. The summed E-state index contributed by atoms with van der Waals surface area (Å²) in [5.74, 6) is -0.335. The SMILES string of the molecule is O=C(/C=C/c1cc2ccccc2[nH]c1=O)NCC1CN(C2CC2)C(=O)O1. The maximum absolute atomic E-state index is 12.1. The second-order valence-electron chi connectivity index (χ2n) is 6.61. The molecule has 2 heterocycles. The number of carbonyl (C=O) groups excluding carboxylic acids is 2. The van der Waals surface area contributed by atoms with Crippen LogP contribution >= 0.6 is 0 Å². The number of benzene rings is 1. The van der Waals surface area contributed by atoms with Gasteiger partial charge in [0.15, 0.2) is 0 Å². The molecule has 1 aliphatic heterocycles. The Balaban J connectivity index is 1.35. The molecule has 1 unspecified atom stereocenters. The number of ether oxygens (including phenoxy) is 1. The van der Waals surface area contributed by atoms with E-state index in [9.17, 15) is 14.4 Å². The van der Waals surface area contributed by atoms with Crippen molar-refractivity contribution in [2.75, 3.05) is 13.1 Å². The lowest BCUT2D eigenvalue weighted by molar-refractivity contribution is -0.116. The van der Waals surface area contributed by atoms with Crippen molar-refractivity contribution in [2.24, 2.45) is 0 Å². The van der Waals surface area contributed by atoms with Gasteiger partial charge < -0.3 is 19.9 Å². The van der Waals surface area contributed by atoms with Gasteiger partial charge in [-0.2, -0.15) is 0 Å². The molecule has 7 heteroatoms. The maximum Gasteiger partial charge on any atom is 0.410 e. The average molecular weight is 353 g/mol. The first kappa shape index (κ1) is 16.4. The monoisotopic (exact) mass is 353 g/mol. The minimum absolute atomic E-state index is 0.252. The number of fused-ring (bicyclic) bond motifs is 1. The Kier molecular flexibility index (Phi) is 4.20. The first-order chi connectivity index (χ1) is 12.6. The van der Waals surface area contributed by atoms with E-state index in [2.05, 4.69) is 10.3 Å². The quantitative estimate of drug-likeness (QED) is 0.800. The second kappa shape index (κ2) is 6.67. The van der Waals surface area contributed by atoms with Crippen molar-refractivity contribution < 1.29 is 14.3 Å². The third kappa shape index (κ3) is 3.46. The number of amides is 2. The number of para-hydroxylation sites is 1. The Morgan fingerprint density at radius 1 is 1.31 bits per heavy atom. The Morgan fingerprint density at radius 3 is 2.92 bits per heavy atom. The van der Waals surface area contributed by atoms with E-state index < -0.39 is 0 Å². The molecule has 1 atom stereocenters. The zero-order valence-corrected chi connectivity index (χ0v) is 14.1. The number of aromatic amines is 1. The number of rotatable bonds is 5. The number of cyclic esters (lactones) is 1. The molecule has 1 aromatic heterocycles. The molecule has 1 saturated carbocycles. The van der Waals surface area contributed by atoms with Crippen molar-refractivity contribution in [1.82, 2.24) is 15.2 Å². The molecular weight excluding hydrogens is 334 g/mol. The van der Waals surface area contributed by atoms with Crippen LogP contribution in [0.4, 0.5) is 4.79 Å². The fraction of sp³-hybridized carbons (Fsp3) is 0.316. The molecule has 2 aromatic rings.